The minimum atomic E-state index is 0.131. The Morgan fingerprint density at radius 1 is 1.19 bits per heavy atom. The Morgan fingerprint density at radius 2 is 1.95 bits per heavy atom. The summed E-state index contributed by atoms with van der Waals surface area (Å²) in [5.74, 6) is 0. The molecule has 2 nitrogen and oxygen atoms in total. The zero-order valence-electron chi connectivity index (χ0n) is 12.6. The average molecular weight is 323 g/mol. The number of aryl methyl sites for hydroxylation is 2. The van der Waals surface area contributed by atoms with Crippen molar-refractivity contribution in [2.45, 2.75) is 33.2 Å². The molecule has 1 atom stereocenters. The Bertz CT molecular complexity index is 626. The van der Waals surface area contributed by atoms with E-state index in [0.29, 0.717) is 5.02 Å². The number of nitrogens with zero attached hydrogens (tertiary/aromatic N) is 1. The van der Waals surface area contributed by atoms with Crippen LogP contribution < -0.4 is 5.32 Å². The highest BCUT2D eigenvalue weighted by Crippen LogP contribution is 2.27. The second kappa shape index (κ2) is 7.26. The Morgan fingerprint density at radius 3 is 2.62 bits per heavy atom. The van der Waals surface area contributed by atoms with Crippen LogP contribution in [-0.4, -0.2) is 11.5 Å². The molecule has 1 unspecified atom stereocenters. The lowest BCUT2D eigenvalue weighted by Crippen LogP contribution is -2.25. The summed E-state index contributed by atoms with van der Waals surface area (Å²) in [5, 5.41) is 4.94. The lowest BCUT2D eigenvalue weighted by atomic mass is 9.99. The van der Waals surface area contributed by atoms with Gasteiger partial charge >= 0.3 is 0 Å². The predicted octanol–water partition coefficient (Wildman–Crippen LogP) is 4.90. The van der Waals surface area contributed by atoms with Crippen LogP contribution >= 0.6 is 23.2 Å². The summed E-state index contributed by atoms with van der Waals surface area (Å²) in [4.78, 5) is 4.61. The summed E-state index contributed by atoms with van der Waals surface area (Å²) in [7, 11) is 0. The normalized spacial score (nSPS) is 12.4. The van der Waals surface area contributed by atoms with Gasteiger partial charge in [0.25, 0.3) is 0 Å². The van der Waals surface area contributed by atoms with Gasteiger partial charge in [-0.2, -0.15) is 0 Å². The zero-order valence-corrected chi connectivity index (χ0v) is 14.1. The van der Waals surface area contributed by atoms with E-state index in [9.17, 15) is 0 Å². The maximum atomic E-state index is 6.29. The van der Waals surface area contributed by atoms with E-state index >= 15 is 0 Å². The molecule has 0 radical (unpaired) electrons. The lowest BCUT2D eigenvalue weighted by molar-refractivity contribution is 0.533. The number of benzene rings is 1. The quantitative estimate of drug-likeness (QED) is 0.846. The van der Waals surface area contributed by atoms with Gasteiger partial charge in [0.05, 0.1) is 11.7 Å². The monoisotopic (exact) mass is 322 g/mol. The molecular formula is C17H20Cl2N2. The highest BCUT2D eigenvalue weighted by atomic mass is 35.5. The number of aromatic nitrogens is 1. The van der Waals surface area contributed by atoms with Gasteiger partial charge in [0.1, 0.15) is 0 Å². The molecule has 0 amide bonds. The third-order valence-electron chi connectivity index (χ3n) is 3.47. The van der Waals surface area contributed by atoms with Gasteiger partial charge in [-0.25, -0.2) is 0 Å². The molecule has 21 heavy (non-hydrogen) atoms. The Labute approximate surface area is 136 Å². The number of halogens is 2. The van der Waals surface area contributed by atoms with Gasteiger partial charge in [-0.1, -0.05) is 36.2 Å². The van der Waals surface area contributed by atoms with Crippen LogP contribution in [0.3, 0.4) is 0 Å². The fourth-order valence-corrected chi connectivity index (χ4v) is 2.91. The average Bonchev–Trinajstić information content (AvgIpc) is 2.42. The summed E-state index contributed by atoms with van der Waals surface area (Å²) in [6, 6.07) is 7.87. The van der Waals surface area contributed by atoms with Gasteiger partial charge in [-0.15, -0.1) is 0 Å². The molecule has 1 aromatic carbocycles. The molecule has 0 bridgehead atoms. The summed E-state index contributed by atoms with van der Waals surface area (Å²) >= 11 is 12.4. The Kier molecular flexibility index (Phi) is 5.63. The third kappa shape index (κ3) is 4.19. The van der Waals surface area contributed by atoms with E-state index in [1.807, 2.05) is 24.4 Å². The van der Waals surface area contributed by atoms with E-state index in [1.54, 1.807) is 0 Å². The first-order chi connectivity index (χ1) is 10.0. The van der Waals surface area contributed by atoms with Crippen molar-refractivity contribution in [3.8, 4) is 0 Å². The molecule has 2 rings (SSSR count). The molecule has 4 heteroatoms. The molecule has 0 spiro atoms. The number of hydrogen-bond acceptors (Lipinski definition) is 2. The molecule has 1 aromatic heterocycles. The van der Waals surface area contributed by atoms with Crippen LogP contribution in [0.2, 0.25) is 10.0 Å². The van der Waals surface area contributed by atoms with E-state index < -0.39 is 0 Å². The van der Waals surface area contributed by atoms with Gasteiger partial charge in [-0.3, -0.25) is 4.98 Å². The number of likely N-dealkylation sites (N-methyl/N-ethyl adjacent to an activating group) is 1. The van der Waals surface area contributed by atoms with Gasteiger partial charge in [0, 0.05) is 16.2 Å². The van der Waals surface area contributed by atoms with Crippen molar-refractivity contribution in [2.75, 3.05) is 6.54 Å². The molecule has 0 aliphatic carbocycles. The highest BCUT2D eigenvalue weighted by Gasteiger charge is 2.17. The first-order valence-electron chi connectivity index (χ1n) is 7.11. The van der Waals surface area contributed by atoms with E-state index in [-0.39, 0.29) is 6.04 Å². The van der Waals surface area contributed by atoms with Gasteiger partial charge < -0.3 is 5.32 Å². The van der Waals surface area contributed by atoms with E-state index in [1.165, 1.54) is 11.1 Å². The van der Waals surface area contributed by atoms with Crippen LogP contribution in [0, 0.1) is 13.8 Å². The van der Waals surface area contributed by atoms with Gasteiger partial charge in [0.2, 0.25) is 0 Å². The highest BCUT2D eigenvalue weighted by molar-refractivity contribution is 6.33. The molecule has 1 heterocycles. The SMILES string of the molecule is CCNC(Cc1cc(Cl)ccc1Cl)c1ncc(C)cc1C. The van der Waals surface area contributed by atoms with Gasteiger partial charge in [-0.05, 0) is 61.7 Å². The predicted molar refractivity (Wildman–Crippen MR) is 90.3 cm³/mol. The maximum absolute atomic E-state index is 6.29. The first kappa shape index (κ1) is 16.3. The van der Waals surface area contributed by atoms with E-state index in [2.05, 4.69) is 37.1 Å². The number of nitrogens with one attached hydrogen (secondary N) is 1. The number of hydrogen-bond donors (Lipinski definition) is 1. The number of rotatable bonds is 5. The maximum Gasteiger partial charge on any atom is 0.0605 e. The van der Waals surface area contributed by atoms with Crippen molar-refractivity contribution in [2.24, 2.45) is 0 Å². The summed E-state index contributed by atoms with van der Waals surface area (Å²) in [6.45, 7) is 7.12. The lowest BCUT2D eigenvalue weighted by Gasteiger charge is -2.20. The zero-order chi connectivity index (χ0) is 15.4. The van der Waals surface area contributed by atoms with Crippen LogP contribution in [0.4, 0.5) is 0 Å². The first-order valence-corrected chi connectivity index (χ1v) is 7.87. The molecule has 0 fully saturated rings. The molecule has 0 saturated heterocycles. The van der Waals surface area contributed by atoms with Gasteiger partial charge in [0.15, 0.2) is 0 Å². The van der Waals surface area contributed by atoms with Crippen molar-refractivity contribution < 1.29 is 0 Å². The summed E-state index contributed by atoms with van der Waals surface area (Å²) in [6.07, 6.45) is 2.68. The molecular weight excluding hydrogens is 303 g/mol. The fraction of sp³-hybridized carbons (Fsp3) is 0.353. The largest absolute Gasteiger partial charge is 0.309 e. The van der Waals surface area contributed by atoms with Crippen molar-refractivity contribution in [1.29, 1.82) is 0 Å². The molecule has 0 aliphatic heterocycles. The van der Waals surface area contributed by atoms with Crippen LogP contribution in [0.5, 0.6) is 0 Å². The fourth-order valence-electron chi connectivity index (χ4n) is 2.52. The van der Waals surface area contributed by atoms with Crippen molar-refractivity contribution in [3.63, 3.8) is 0 Å². The molecule has 0 saturated carbocycles. The molecule has 112 valence electrons. The minimum absolute atomic E-state index is 0.131. The Hall–Kier alpha value is -1.09. The van der Waals surface area contributed by atoms with Crippen molar-refractivity contribution in [3.05, 3.63) is 62.9 Å². The molecule has 2 aromatic rings. The molecule has 1 N–H and O–H groups in total. The second-order valence-electron chi connectivity index (χ2n) is 5.26. The summed E-state index contributed by atoms with van der Waals surface area (Å²) in [5.41, 5.74) is 4.47. The van der Waals surface area contributed by atoms with E-state index in [4.69, 9.17) is 23.2 Å². The third-order valence-corrected chi connectivity index (χ3v) is 4.07. The summed E-state index contributed by atoms with van der Waals surface area (Å²) < 4.78 is 0. The topological polar surface area (TPSA) is 24.9 Å². The number of pyridine rings is 1. The van der Waals surface area contributed by atoms with Crippen molar-refractivity contribution >= 4 is 23.2 Å². The van der Waals surface area contributed by atoms with Crippen LogP contribution in [-0.2, 0) is 6.42 Å². The minimum Gasteiger partial charge on any atom is -0.309 e. The van der Waals surface area contributed by atoms with Crippen LogP contribution in [0.15, 0.2) is 30.5 Å². The van der Waals surface area contributed by atoms with Crippen LogP contribution in [0.25, 0.3) is 0 Å². The molecule has 0 aliphatic rings. The Balaban J connectivity index is 2.32. The van der Waals surface area contributed by atoms with Crippen LogP contribution in [0.1, 0.15) is 35.3 Å². The second-order valence-corrected chi connectivity index (χ2v) is 6.11. The smallest absolute Gasteiger partial charge is 0.0605 e. The van der Waals surface area contributed by atoms with E-state index in [0.717, 1.165) is 29.2 Å². The van der Waals surface area contributed by atoms with Crippen molar-refractivity contribution in [1.82, 2.24) is 10.3 Å². The standard InChI is InChI=1S/C17H20Cl2N2/c1-4-20-16(17-12(3)7-11(2)10-21-17)9-13-8-14(18)5-6-15(13)19/h5-8,10,16,20H,4,9H2,1-3H3.